The summed E-state index contributed by atoms with van der Waals surface area (Å²) in [5.41, 5.74) is 8.68. The molecule has 1 amide bonds. The maximum Gasteiger partial charge on any atom is 0.240 e. The monoisotopic (exact) mass is 284 g/mol. The van der Waals surface area contributed by atoms with Gasteiger partial charge in [-0.05, 0) is 50.5 Å². The molecule has 2 heterocycles. The van der Waals surface area contributed by atoms with Crippen molar-refractivity contribution in [1.29, 1.82) is 0 Å². The Labute approximate surface area is 124 Å². The van der Waals surface area contributed by atoms with Gasteiger partial charge in [0, 0.05) is 29.7 Å². The second kappa shape index (κ2) is 5.69. The van der Waals surface area contributed by atoms with E-state index in [0.717, 1.165) is 30.0 Å². The van der Waals surface area contributed by atoms with Crippen molar-refractivity contribution < 1.29 is 4.79 Å². The second-order valence-electron chi connectivity index (χ2n) is 5.54. The number of carbonyl (C=O) groups is 1. The van der Waals surface area contributed by atoms with Crippen LogP contribution in [0, 0.1) is 0 Å². The van der Waals surface area contributed by atoms with Gasteiger partial charge in [0.25, 0.3) is 0 Å². The Hall–Kier alpha value is -2.14. The first kappa shape index (κ1) is 13.8. The molecule has 3 N–H and O–H groups in total. The molecule has 1 aromatic carbocycles. The summed E-state index contributed by atoms with van der Waals surface area (Å²) in [6.07, 6.45) is 5.53. The van der Waals surface area contributed by atoms with Gasteiger partial charge in [0.2, 0.25) is 5.91 Å². The Morgan fingerprint density at radius 1 is 1.33 bits per heavy atom. The van der Waals surface area contributed by atoms with E-state index < -0.39 is 6.04 Å². The molecule has 0 aliphatic carbocycles. The number of fused-ring (bicyclic) bond motifs is 1. The van der Waals surface area contributed by atoms with Crippen LogP contribution in [0.3, 0.4) is 0 Å². The number of amides is 1. The molecule has 3 rings (SSSR count). The molecule has 21 heavy (non-hydrogen) atoms. The molecule has 5 nitrogen and oxygen atoms in total. The van der Waals surface area contributed by atoms with Crippen molar-refractivity contribution >= 4 is 11.6 Å². The van der Waals surface area contributed by atoms with E-state index in [1.807, 2.05) is 30.5 Å². The minimum absolute atomic E-state index is 0.180. The van der Waals surface area contributed by atoms with E-state index in [1.54, 1.807) is 6.92 Å². The standard InChI is InChI=1S/C16H20N4O/c1-11(17)16(21)19-13-7-5-12(6-8-13)15-18-10-14-4-2-3-9-20(14)15/h5-8,10-11H,2-4,9,17H2,1H3,(H,19,21). The molecule has 110 valence electrons. The highest BCUT2D eigenvalue weighted by atomic mass is 16.2. The average molecular weight is 284 g/mol. The van der Waals surface area contributed by atoms with E-state index in [0.29, 0.717) is 0 Å². The van der Waals surface area contributed by atoms with Crippen LogP contribution < -0.4 is 11.1 Å². The molecule has 0 saturated carbocycles. The van der Waals surface area contributed by atoms with Crippen LogP contribution in [0.2, 0.25) is 0 Å². The maximum atomic E-state index is 11.6. The summed E-state index contributed by atoms with van der Waals surface area (Å²) in [7, 11) is 0. The Bertz CT molecular complexity index is 643. The number of nitrogens with one attached hydrogen (secondary N) is 1. The zero-order valence-corrected chi connectivity index (χ0v) is 12.2. The lowest BCUT2D eigenvalue weighted by Crippen LogP contribution is -2.32. The summed E-state index contributed by atoms with van der Waals surface area (Å²) >= 11 is 0. The Kier molecular flexibility index (Phi) is 3.75. The van der Waals surface area contributed by atoms with Gasteiger partial charge in [-0.3, -0.25) is 4.79 Å². The van der Waals surface area contributed by atoms with Gasteiger partial charge in [0.05, 0.1) is 6.04 Å². The normalized spacial score (nSPS) is 15.3. The summed E-state index contributed by atoms with van der Waals surface area (Å²) in [6.45, 7) is 2.70. The minimum Gasteiger partial charge on any atom is -0.328 e. The van der Waals surface area contributed by atoms with E-state index in [9.17, 15) is 4.79 Å². The fourth-order valence-corrected chi connectivity index (χ4v) is 2.63. The molecule has 0 radical (unpaired) electrons. The van der Waals surface area contributed by atoms with Crippen molar-refractivity contribution in [3.8, 4) is 11.4 Å². The van der Waals surface area contributed by atoms with Crippen molar-refractivity contribution in [2.75, 3.05) is 5.32 Å². The van der Waals surface area contributed by atoms with Gasteiger partial charge in [0.1, 0.15) is 5.82 Å². The largest absolute Gasteiger partial charge is 0.328 e. The highest BCUT2D eigenvalue weighted by Gasteiger charge is 2.15. The maximum absolute atomic E-state index is 11.6. The summed E-state index contributed by atoms with van der Waals surface area (Å²) in [6, 6.07) is 7.24. The summed E-state index contributed by atoms with van der Waals surface area (Å²) in [4.78, 5) is 16.1. The van der Waals surface area contributed by atoms with Crippen molar-refractivity contribution in [2.45, 2.75) is 38.8 Å². The highest BCUT2D eigenvalue weighted by Crippen LogP contribution is 2.25. The van der Waals surface area contributed by atoms with E-state index in [4.69, 9.17) is 5.73 Å². The van der Waals surface area contributed by atoms with Gasteiger partial charge in [-0.25, -0.2) is 4.98 Å². The third kappa shape index (κ3) is 2.83. The van der Waals surface area contributed by atoms with Crippen LogP contribution in [0.4, 0.5) is 5.69 Å². The molecule has 2 aromatic rings. The number of carbonyl (C=O) groups excluding carboxylic acids is 1. The smallest absolute Gasteiger partial charge is 0.240 e. The van der Waals surface area contributed by atoms with E-state index >= 15 is 0 Å². The highest BCUT2D eigenvalue weighted by molar-refractivity contribution is 5.94. The van der Waals surface area contributed by atoms with E-state index in [2.05, 4.69) is 14.9 Å². The predicted octanol–water partition coefficient (Wildman–Crippen LogP) is 2.17. The lowest BCUT2D eigenvalue weighted by molar-refractivity contribution is -0.117. The van der Waals surface area contributed by atoms with Gasteiger partial charge in [-0.1, -0.05) is 0 Å². The number of aromatic nitrogens is 2. The Morgan fingerprint density at radius 3 is 2.81 bits per heavy atom. The third-order valence-corrected chi connectivity index (χ3v) is 3.83. The van der Waals surface area contributed by atoms with Gasteiger partial charge in [0.15, 0.2) is 0 Å². The van der Waals surface area contributed by atoms with Crippen molar-refractivity contribution in [3.05, 3.63) is 36.2 Å². The number of anilines is 1. The summed E-state index contributed by atoms with van der Waals surface area (Å²) in [5, 5.41) is 2.79. The molecule has 0 saturated heterocycles. The molecule has 1 atom stereocenters. The van der Waals surface area contributed by atoms with Gasteiger partial charge in [-0.2, -0.15) is 0 Å². The van der Waals surface area contributed by atoms with Crippen molar-refractivity contribution in [3.63, 3.8) is 0 Å². The van der Waals surface area contributed by atoms with Gasteiger partial charge >= 0.3 is 0 Å². The number of rotatable bonds is 3. The SMILES string of the molecule is CC(N)C(=O)Nc1ccc(-c2ncc3n2CCCC3)cc1. The first-order chi connectivity index (χ1) is 10.1. The number of benzene rings is 1. The second-order valence-corrected chi connectivity index (χ2v) is 5.54. The fraction of sp³-hybridized carbons (Fsp3) is 0.375. The average Bonchev–Trinajstić information content (AvgIpc) is 2.92. The van der Waals surface area contributed by atoms with Crippen LogP contribution in [-0.2, 0) is 17.8 Å². The van der Waals surface area contributed by atoms with Crippen LogP contribution in [-0.4, -0.2) is 21.5 Å². The minimum atomic E-state index is -0.510. The first-order valence-corrected chi connectivity index (χ1v) is 7.36. The molecule has 0 bridgehead atoms. The molecule has 1 aromatic heterocycles. The van der Waals surface area contributed by atoms with E-state index in [1.165, 1.54) is 18.5 Å². The molecule has 1 aliphatic rings. The Balaban J connectivity index is 1.81. The van der Waals surface area contributed by atoms with Gasteiger partial charge in [-0.15, -0.1) is 0 Å². The quantitative estimate of drug-likeness (QED) is 0.907. The molecule has 5 heteroatoms. The molecule has 1 aliphatic heterocycles. The molecule has 0 spiro atoms. The van der Waals surface area contributed by atoms with Crippen LogP contribution >= 0.6 is 0 Å². The van der Waals surface area contributed by atoms with Gasteiger partial charge < -0.3 is 15.6 Å². The van der Waals surface area contributed by atoms with Crippen molar-refractivity contribution in [1.82, 2.24) is 9.55 Å². The molecular weight excluding hydrogens is 264 g/mol. The number of aryl methyl sites for hydroxylation is 1. The Morgan fingerprint density at radius 2 is 2.10 bits per heavy atom. The molecule has 0 fully saturated rings. The summed E-state index contributed by atoms with van der Waals surface area (Å²) in [5.74, 6) is 0.829. The van der Waals surface area contributed by atoms with Crippen LogP contribution in [0.5, 0.6) is 0 Å². The predicted molar refractivity (Wildman–Crippen MR) is 82.9 cm³/mol. The zero-order valence-electron chi connectivity index (χ0n) is 12.2. The van der Waals surface area contributed by atoms with E-state index in [-0.39, 0.29) is 5.91 Å². The number of imidazole rings is 1. The third-order valence-electron chi connectivity index (χ3n) is 3.83. The number of hydrogen-bond donors (Lipinski definition) is 2. The fourth-order valence-electron chi connectivity index (χ4n) is 2.63. The lowest BCUT2D eigenvalue weighted by Gasteiger charge is -2.16. The van der Waals surface area contributed by atoms with Crippen LogP contribution in [0.15, 0.2) is 30.5 Å². The lowest BCUT2D eigenvalue weighted by atomic mass is 10.1. The first-order valence-electron chi connectivity index (χ1n) is 7.36. The number of nitrogens with zero attached hydrogens (tertiary/aromatic N) is 2. The van der Waals surface area contributed by atoms with Crippen LogP contribution in [0.25, 0.3) is 11.4 Å². The van der Waals surface area contributed by atoms with Crippen molar-refractivity contribution in [2.24, 2.45) is 5.73 Å². The van der Waals surface area contributed by atoms with Crippen LogP contribution in [0.1, 0.15) is 25.5 Å². The number of nitrogens with two attached hydrogens (primary N) is 1. The topological polar surface area (TPSA) is 72.9 Å². The zero-order chi connectivity index (χ0) is 14.8. The number of hydrogen-bond acceptors (Lipinski definition) is 3. The summed E-state index contributed by atoms with van der Waals surface area (Å²) < 4.78 is 2.29. The molecule has 1 unspecified atom stereocenters. The molecular formula is C16H20N4O.